The van der Waals surface area contributed by atoms with E-state index in [1.807, 2.05) is 6.92 Å². The van der Waals surface area contributed by atoms with E-state index >= 15 is 0 Å². The molecule has 0 aliphatic heterocycles. The van der Waals surface area contributed by atoms with Crippen LogP contribution in [0.5, 0.6) is 0 Å². The van der Waals surface area contributed by atoms with Gasteiger partial charge in [0.15, 0.2) is 0 Å². The zero-order chi connectivity index (χ0) is 32.0. The van der Waals surface area contributed by atoms with Crippen LogP contribution in [0.4, 0.5) is 0 Å². The van der Waals surface area contributed by atoms with Gasteiger partial charge in [-0.05, 0) is 41.6 Å². The van der Waals surface area contributed by atoms with Gasteiger partial charge in [0.05, 0.1) is 26.7 Å². The third-order valence-electron chi connectivity index (χ3n) is 10.2. The van der Waals surface area contributed by atoms with Gasteiger partial charge in [0.2, 0.25) is 0 Å². The molecule has 0 aromatic carbocycles. The van der Waals surface area contributed by atoms with E-state index in [2.05, 4.69) is 73.9 Å². The summed E-state index contributed by atoms with van der Waals surface area (Å²) in [5.41, 5.74) is 0.139. The molecule has 246 valence electrons. The van der Waals surface area contributed by atoms with Crippen LogP contribution in [0.15, 0.2) is 0 Å². The predicted octanol–water partition coefficient (Wildman–Crippen LogP) is 10.5. The van der Waals surface area contributed by atoms with Crippen LogP contribution >= 0.6 is 0 Å². The number of carbonyl (C=O) groups excluding carboxylic acids is 1. The van der Waals surface area contributed by atoms with Crippen LogP contribution in [-0.4, -0.2) is 52.2 Å². The van der Waals surface area contributed by atoms with Crippen molar-refractivity contribution in [2.45, 2.75) is 182 Å². The Bertz CT molecular complexity index is 712. The molecule has 0 bridgehead atoms. The monoisotopic (exact) mass is 615 g/mol. The highest BCUT2D eigenvalue weighted by molar-refractivity contribution is 6.79. The van der Waals surface area contributed by atoms with Crippen molar-refractivity contribution in [1.29, 1.82) is 0 Å². The summed E-state index contributed by atoms with van der Waals surface area (Å²) in [7, 11) is -2.43. The minimum Gasteiger partial charge on any atom is -0.465 e. The quantitative estimate of drug-likeness (QED) is 0.0645. The van der Waals surface area contributed by atoms with Gasteiger partial charge in [-0.15, -0.1) is 0 Å². The fraction of sp³-hybridized carbons (Fsp3) is 0.971. The molecule has 0 aromatic heterocycles. The van der Waals surface area contributed by atoms with Gasteiger partial charge in [-0.3, -0.25) is 4.79 Å². The Morgan fingerprint density at radius 2 is 1.20 bits per heavy atom. The molecule has 41 heavy (non-hydrogen) atoms. The summed E-state index contributed by atoms with van der Waals surface area (Å²) in [5.74, 6) is -0.214. The van der Waals surface area contributed by atoms with Crippen LogP contribution in [0.3, 0.4) is 0 Å². The summed E-state index contributed by atoms with van der Waals surface area (Å²) in [6.07, 6.45) is 16.0. The number of aliphatic hydroxyl groups is 2. The average molecular weight is 615 g/mol. The van der Waals surface area contributed by atoms with E-state index in [1.54, 1.807) is 0 Å². The first-order chi connectivity index (χ1) is 18.7. The Morgan fingerprint density at radius 1 is 0.707 bits per heavy atom. The normalized spacial score (nSPS) is 16.3. The van der Waals surface area contributed by atoms with Gasteiger partial charge in [0.1, 0.15) is 6.61 Å². The molecule has 0 saturated heterocycles. The van der Waals surface area contributed by atoms with Crippen molar-refractivity contribution >= 4 is 22.1 Å². The molecule has 0 radical (unpaired) electrons. The van der Waals surface area contributed by atoms with E-state index in [4.69, 9.17) is 4.74 Å². The summed E-state index contributed by atoms with van der Waals surface area (Å²) in [5, 5.41) is 19.5. The van der Waals surface area contributed by atoms with Gasteiger partial charge < -0.3 is 14.9 Å². The molecule has 0 heterocycles. The highest BCUT2D eigenvalue weighted by Crippen LogP contribution is 2.55. The average Bonchev–Trinajstić information content (AvgIpc) is 2.83. The van der Waals surface area contributed by atoms with Crippen molar-refractivity contribution in [2.24, 2.45) is 16.2 Å². The first kappa shape index (κ1) is 40.8. The fourth-order valence-corrected chi connectivity index (χ4v) is 12.1. The largest absolute Gasteiger partial charge is 0.465 e. The second kappa shape index (κ2) is 18.0. The minimum atomic E-state index is -1.34. The van der Waals surface area contributed by atoms with Crippen LogP contribution in [0.25, 0.3) is 0 Å². The van der Waals surface area contributed by atoms with Crippen molar-refractivity contribution in [3.05, 3.63) is 0 Å². The van der Waals surface area contributed by atoms with Gasteiger partial charge in [-0.25, -0.2) is 0 Å². The fourth-order valence-electron chi connectivity index (χ4n) is 7.25. The van der Waals surface area contributed by atoms with Crippen LogP contribution in [0.2, 0.25) is 50.4 Å². The van der Waals surface area contributed by atoms with Gasteiger partial charge in [0, 0.05) is 14.5 Å². The van der Waals surface area contributed by atoms with Crippen LogP contribution in [0, 0.1) is 16.2 Å². The molecule has 2 unspecified atom stereocenters. The molecule has 0 spiro atoms. The molecule has 0 aromatic rings. The Hall–Kier alpha value is -0.176. The molecule has 0 aliphatic rings. The molecular weight excluding hydrogens is 541 g/mol. The molecule has 0 saturated carbocycles. The second-order valence-electron chi connectivity index (χ2n) is 17.4. The van der Waals surface area contributed by atoms with Crippen molar-refractivity contribution in [1.82, 2.24) is 0 Å². The highest BCUT2D eigenvalue weighted by Gasteiger charge is 2.45. The number of rotatable bonds is 24. The molecular formula is C35H74O4Si2. The smallest absolute Gasteiger partial charge is 0.305 e. The van der Waals surface area contributed by atoms with E-state index in [0.717, 1.165) is 12.8 Å². The lowest BCUT2D eigenvalue weighted by Crippen LogP contribution is -2.42. The number of carbonyl (C=O) groups is 1. The molecule has 4 nitrogen and oxygen atoms in total. The van der Waals surface area contributed by atoms with Crippen molar-refractivity contribution in [2.75, 3.05) is 19.8 Å². The first-order valence-electron chi connectivity index (χ1n) is 17.1. The van der Waals surface area contributed by atoms with E-state index < -0.39 is 21.6 Å². The molecule has 6 heteroatoms. The predicted molar refractivity (Wildman–Crippen MR) is 185 cm³/mol. The molecule has 2 atom stereocenters. The van der Waals surface area contributed by atoms with E-state index in [-0.39, 0.29) is 25.8 Å². The summed E-state index contributed by atoms with van der Waals surface area (Å²) in [4.78, 5) is 12.0. The number of esters is 1. The summed E-state index contributed by atoms with van der Waals surface area (Å²) >= 11 is 0. The van der Waals surface area contributed by atoms with Gasteiger partial charge in [-0.1, -0.05) is 145 Å². The standard InChI is InChI=1S/C35H74O4Si2/c1-13-33(5,25-32(3,4)30-40(7,8)9)26-34(6,41(10,11)12)24-22-20-18-16-15-17-19-21-23-31(38)39-29-35(14-2,27-36)28-37/h36-37H,13-30H2,1-12H3. The zero-order valence-corrected chi connectivity index (χ0v) is 31.9. The molecule has 0 aliphatic carbocycles. The first-order valence-corrected chi connectivity index (χ1v) is 24.3. The number of hydrogen-bond donors (Lipinski definition) is 2. The van der Waals surface area contributed by atoms with Gasteiger partial charge >= 0.3 is 5.97 Å². The number of hydrogen-bond acceptors (Lipinski definition) is 4. The maximum Gasteiger partial charge on any atom is 0.305 e. The number of unbranched alkanes of at least 4 members (excludes halogenated alkanes) is 7. The zero-order valence-electron chi connectivity index (χ0n) is 29.9. The maximum absolute atomic E-state index is 12.0. The third-order valence-corrected chi connectivity index (χ3v) is 16.3. The van der Waals surface area contributed by atoms with E-state index in [9.17, 15) is 15.0 Å². The van der Waals surface area contributed by atoms with Crippen molar-refractivity contribution in [3.63, 3.8) is 0 Å². The van der Waals surface area contributed by atoms with Crippen molar-refractivity contribution < 1.29 is 19.7 Å². The van der Waals surface area contributed by atoms with E-state index in [1.165, 1.54) is 70.3 Å². The van der Waals surface area contributed by atoms with Gasteiger partial charge in [0.25, 0.3) is 0 Å². The summed E-state index contributed by atoms with van der Waals surface area (Å²) in [6.45, 7) is 29.8. The Balaban J connectivity index is 4.52. The molecule has 0 amide bonds. The van der Waals surface area contributed by atoms with Crippen LogP contribution < -0.4 is 0 Å². The SMILES string of the molecule is CCC(C)(CC(C)(C)C[Si](C)(C)C)CC(C)(CCCCCCCCCCC(=O)OCC(CC)(CO)CO)[Si](C)(C)C. The lowest BCUT2D eigenvalue weighted by Gasteiger charge is -2.49. The topological polar surface area (TPSA) is 66.8 Å². The lowest BCUT2D eigenvalue weighted by molar-refractivity contribution is -0.149. The third kappa shape index (κ3) is 16.5. The number of ether oxygens (including phenoxy) is 1. The second-order valence-corrected chi connectivity index (χ2v) is 28.6. The minimum absolute atomic E-state index is 0.0976. The highest BCUT2D eigenvalue weighted by atomic mass is 28.3. The lowest BCUT2D eigenvalue weighted by atomic mass is 9.68. The van der Waals surface area contributed by atoms with Crippen LogP contribution in [-0.2, 0) is 9.53 Å². The Kier molecular flexibility index (Phi) is 17.9. The molecule has 0 rings (SSSR count). The molecule has 2 N–H and O–H groups in total. The number of aliphatic hydroxyl groups excluding tert-OH is 2. The summed E-state index contributed by atoms with van der Waals surface area (Å²) in [6, 6.07) is 1.41. The van der Waals surface area contributed by atoms with Crippen molar-refractivity contribution in [3.8, 4) is 0 Å². The van der Waals surface area contributed by atoms with E-state index in [0.29, 0.717) is 28.7 Å². The Morgan fingerprint density at radius 3 is 1.61 bits per heavy atom. The summed E-state index contributed by atoms with van der Waals surface area (Å²) < 4.78 is 5.33. The maximum atomic E-state index is 12.0. The molecule has 0 fully saturated rings. The Labute approximate surface area is 259 Å². The van der Waals surface area contributed by atoms with Gasteiger partial charge in [-0.2, -0.15) is 0 Å². The van der Waals surface area contributed by atoms with Crippen LogP contribution in [0.1, 0.15) is 131 Å².